The predicted octanol–water partition coefficient (Wildman–Crippen LogP) is 3.38. The van der Waals surface area contributed by atoms with E-state index in [1.165, 1.54) is 4.68 Å². The molecule has 0 spiro atoms. The van der Waals surface area contributed by atoms with Crippen molar-refractivity contribution < 1.29 is 5.11 Å². The van der Waals surface area contributed by atoms with Crippen LogP contribution in [0.3, 0.4) is 0 Å². The van der Waals surface area contributed by atoms with Gasteiger partial charge >= 0.3 is 0 Å². The quantitative estimate of drug-likeness (QED) is 0.390. The Morgan fingerprint density at radius 1 is 1.16 bits per heavy atom. The molecule has 124 valence electrons. The van der Waals surface area contributed by atoms with E-state index in [0.29, 0.717) is 21.9 Å². The minimum Gasteiger partial charge on any atom is -0.507 e. The Morgan fingerprint density at radius 2 is 2.00 bits per heavy atom. The smallest absolute Gasteiger partial charge is 0.216 e. The van der Waals surface area contributed by atoms with Gasteiger partial charge in [0.25, 0.3) is 0 Å². The van der Waals surface area contributed by atoms with Crippen LogP contribution in [0.1, 0.15) is 11.3 Å². The lowest BCUT2D eigenvalue weighted by Crippen LogP contribution is -1.96. The highest BCUT2D eigenvalue weighted by molar-refractivity contribution is 7.71. The minimum atomic E-state index is 0.148. The number of nitrogens with zero attached hydrogens (tertiary/aromatic N) is 4. The van der Waals surface area contributed by atoms with Crippen molar-refractivity contribution in [1.29, 1.82) is 0 Å². The molecule has 0 radical (unpaired) electrons. The van der Waals surface area contributed by atoms with Crippen LogP contribution in [-0.4, -0.2) is 36.4 Å². The Bertz CT molecular complexity index is 1150. The van der Waals surface area contributed by atoms with Gasteiger partial charge in [-0.2, -0.15) is 20.0 Å². The number of aromatic amines is 2. The van der Waals surface area contributed by atoms with E-state index in [2.05, 4.69) is 25.5 Å². The molecule has 8 heteroatoms. The molecular formula is C17H14N6OS. The average Bonchev–Trinajstić information content (AvgIpc) is 3.20. The number of H-pyrrole nitrogens is 2. The summed E-state index contributed by atoms with van der Waals surface area (Å²) in [7, 11) is 0. The fourth-order valence-electron chi connectivity index (χ4n) is 2.63. The van der Waals surface area contributed by atoms with Gasteiger partial charge in [0.1, 0.15) is 11.4 Å². The van der Waals surface area contributed by atoms with Crippen molar-refractivity contribution in [1.82, 2.24) is 25.1 Å². The zero-order chi connectivity index (χ0) is 17.4. The van der Waals surface area contributed by atoms with Gasteiger partial charge in [-0.15, -0.1) is 0 Å². The van der Waals surface area contributed by atoms with Crippen LogP contribution in [-0.2, 0) is 0 Å². The fraction of sp³-hybridized carbons (Fsp3) is 0.0588. The number of rotatable bonds is 3. The number of aromatic nitrogens is 5. The second-order valence-corrected chi connectivity index (χ2v) is 5.95. The SMILES string of the molecule is Cc1cc(-c2n[nH]c(=S)n2/N=C\c2c(O)ccc3ccccc23)n[nH]1. The standard InChI is InChI=1S/C17H14N6OS/c1-10-8-14(20-19-10)16-21-22-17(25)23(16)18-9-13-12-5-3-2-4-11(12)6-7-15(13)24/h2-9,24H,1H3,(H,19,20)(H,22,25)/b18-9-. The summed E-state index contributed by atoms with van der Waals surface area (Å²) in [6.45, 7) is 1.90. The molecule has 2 aromatic carbocycles. The van der Waals surface area contributed by atoms with Crippen molar-refractivity contribution in [2.75, 3.05) is 0 Å². The molecule has 4 rings (SSSR count). The highest BCUT2D eigenvalue weighted by Gasteiger charge is 2.11. The van der Waals surface area contributed by atoms with Gasteiger partial charge in [0, 0.05) is 11.3 Å². The number of aromatic hydroxyl groups is 1. The highest BCUT2D eigenvalue weighted by atomic mass is 32.1. The van der Waals surface area contributed by atoms with Crippen molar-refractivity contribution in [3.05, 3.63) is 58.5 Å². The molecule has 4 aromatic rings. The largest absolute Gasteiger partial charge is 0.507 e. The van der Waals surface area contributed by atoms with E-state index in [0.717, 1.165) is 16.5 Å². The Labute approximate surface area is 147 Å². The van der Waals surface area contributed by atoms with Gasteiger partial charge in [0.15, 0.2) is 0 Å². The summed E-state index contributed by atoms with van der Waals surface area (Å²) in [6, 6.07) is 13.1. The minimum absolute atomic E-state index is 0.148. The molecule has 2 heterocycles. The zero-order valence-electron chi connectivity index (χ0n) is 13.3. The molecular weight excluding hydrogens is 336 g/mol. The first-order valence-corrected chi connectivity index (χ1v) is 7.99. The maximum Gasteiger partial charge on any atom is 0.216 e. The molecule has 3 N–H and O–H groups in total. The number of hydrogen-bond acceptors (Lipinski definition) is 5. The van der Waals surface area contributed by atoms with Gasteiger partial charge in [0.2, 0.25) is 10.6 Å². The summed E-state index contributed by atoms with van der Waals surface area (Å²) in [5.41, 5.74) is 2.15. The van der Waals surface area contributed by atoms with E-state index in [1.54, 1.807) is 12.3 Å². The molecule has 0 fully saturated rings. The molecule has 7 nitrogen and oxygen atoms in total. The van der Waals surface area contributed by atoms with Crippen LogP contribution in [0.2, 0.25) is 0 Å². The number of phenols is 1. The summed E-state index contributed by atoms with van der Waals surface area (Å²) in [6.07, 6.45) is 1.58. The van der Waals surface area contributed by atoms with Crippen molar-refractivity contribution in [2.45, 2.75) is 6.92 Å². The third-order valence-corrected chi connectivity index (χ3v) is 4.10. The van der Waals surface area contributed by atoms with Crippen molar-refractivity contribution in [3.63, 3.8) is 0 Å². The molecule has 0 unspecified atom stereocenters. The number of hydrogen-bond donors (Lipinski definition) is 3. The van der Waals surface area contributed by atoms with Crippen LogP contribution < -0.4 is 0 Å². The van der Waals surface area contributed by atoms with Crippen LogP contribution >= 0.6 is 12.2 Å². The summed E-state index contributed by atoms with van der Waals surface area (Å²) in [4.78, 5) is 0. The molecule has 25 heavy (non-hydrogen) atoms. The van der Waals surface area contributed by atoms with E-state index in [-0.39, 0.29) is 5.75 Å². The fourth-order valence-corrected chi connectivity index (χ4v) is 2.81. The molecule has 0 bridgehead atoms. The predicted molar refractivity (Wildman–Crippen MR) is 98.3 cm³/mol. The third-order valence-electron chi connectivity index (χ3n) is 3.84. The van der Waals surface area contributed by atoms with Crippen LogP contribution in [0.4, 0.5) is 0 Å². The van der Waals surface area contributed by atoms with Gasteiger partial charge < -0.3 is 5.11 Å². The van der Waals surface area contributed by atoms with Crippen LogP contribution in [0, 0.1) is 11.7 Å². The number of nitrogens with one attached hydrogen (secondary N) is 2. The van der Waals surface area contributed by atoms with Crippen LogP contribution in [0.5, 0.6) is 5.75 Å². The molecule has 0 atom stereocenters. The summed E-state index contributed by atoms with van der Waals surface area (Å²) in [5.74, 6) is 0.639. The third kappa shape index (κ3) is 2.72. The van der Waals surface area contributed by atoms with Crippen LogP contribution in [0.15, 0.2) is 47.6 Å². The van der Waals surface area contributed by atoms with Gasteiger partial charge in [-0.25, -0.2) is 5.10 Å². The second-order valence-electron chi connectivity index (χ2n) is 5.56. The first kappa shape index (κ1) is 15.3. The molecule has 0 aliphatic rings. The molecule has 0 saturated heterocycles. The van der Waals surface area contributed by atoms with E-state index in [9.17, 15) is 5.11 Å². The van der Waals surface area contributed by atoms with Crippen LogP contribution in [0.25, 0.3) is 22.3 Å². The maximum atomic E-state index is 10.2. The summed E-state index contributed by atoms with van der Waals surface area (Å²) < 4.78 is 1.82. The second kappa shape index (κ2) is 5.99. The topological polar surface area (TPSA) is 94.9 Å². The van der Waals surface area contributed by atoms with Crippen molar-refractivity contribution in [3.8, 4) is 17.3 Å². The van der Waals surface area contributed by atoms with Crippen molar-refractivity contribution >= 4 is 29.2 Å². The maximum absolute atomic E-state index is 10.2. The molecule has 0 aliphatic carbocycles. The number of aryl methyl sites for hydroxylation is 1. The molecule has 0 saturated carbocycles. The van der Waals surface area contributed by atoms with Gasteiger partial charge in [-0.05, 0) is 42.0 Å². The van der Waals surface area contributed by atoms with E-state index in [1.807, 2.05) is 43.3 Å². The van der Waals surface area contributed by atoms with Crippen molar-refractivity contribution in [2.24, 2.45) is 5.10 Å². The Kier molecular flexibility index (Phi) is 3.66. The van der Waals surface area contributed by atoms with Gasteiger partial charge in [-0.3, -0.25) is 5.10 Å². The lowest BCUT2D eigenvalue weighted by molar-refractivity contribution is 0.475. The number of fused-ring (bicyclic) bond motifs is 1. The molecule has 0 amide bonds. The number of phenolic OH excluding ortho intramolecular Hbond substituents is 1. The average molecular weight is 350 g/mol. The molecule has 0 aliphatic heterocycles. The summed E-state index contributed by atoms with van der Waals surface area (Å²) >= 11 is 5.25. The first-order valence-electron chi connectivity index (χ1n) is 7.58. The number of benzene rings is 2. The highest BCUT2D eigenvalue weighted by Crippen LogP contribution is 2.25. The zero-order valence-corrected chi connectivity index (χ0v) is 14.1. The Balaban J connectivity index is 1.83. The van der Waals surface area contributed by atoms with Gasteiger partial charge in [0.05, 0.1) is 6.21 Å². The normalized spacial score (nSPS) is 11.6. The van der Waals surface area contributed by atoms with E-state index >= 15 is 0 Å². The lowest BCUT2D eigenvalue weighted by atomic mass is 10.0. The lowest BCUT2D eigenvalue weighted by Gasteiger charge is -2.04. The Hall–Kier alpha value is -3.26. The monoisotopic (exact) mass is 350 g/mol. The van der Waals surface area contributed by atoms with E-state index < -0.39 is 0 Å². The Morgan fingerprint density at radius 3 is 2.80 bits per heavy atom. The summed E-state index contributed by atoms with van der Waals surface area (Å²) in [5, 5.41) is 30.5. The van der Waals surface area contributed by atoms with E-state index in [4.69, 9.17) is 12.2 Å². The molecule has 2 aromatic heterocycles. The van der Waals surface area contributed by atoms with Gasteiger partial charge in [-0.1, -0.05) is 30.3 Å². The first-order chi connectivity index (χ1) is 12.1.